The maximum Gasteiger partial charge on any atom is 0.291 e. The Balaban J connectivity index is 1.56. The third-order valence-corrected chi connectivity index (χ3v) is 7.97. The number of likely N-dealkylation sites (N-methyl/N-ethyl adjacent to an activating group) is 1. The quantitative estimate of drug-likeness (QED) is 0.665. The standard InChI is InChI=1S/C16H22ClN5O4S/c1-20(2)3-4-22-10-16-9-21(15(23)14-18-6-11(17)7-19-14)8-12(26-16)5-13(16)27(22,24)25/h6-7,12-13H,3-5,8-10H2,1-2H3/t12-,13+,16?/m1/s1. The van der Waals surface area contributed by atoms with Crippen LogP contribution in [0.5, 0.6) is 0 Å². The lowest BCUT2D eigenvalue weighted by Crippen LogP contribution is -2.56. The monoisotopic (exact) mass is 415 g/mol. The van der Waals surface area contributed by atoms with Gasteiger partial charge in [-0.2, -0.15) is 4.31 Å². The number of sulfonamides is 1. The van der Waals surface area contributed by atoms with Gasteiger partial charge in [0.1, 0.15) is 10.9 Å². The molecule has 1 spiro atoms. The molecule has 4 heterocycles. The Hall–Kier alpha value is -1.33. The highest BCUT2D eigenvalue weighted by molar-refractivity contribution is 7.90. The Labute approximate surface area is 163 Å². The Morgan fingerprint density at radius 1 is 1.37 bits per heavy atom. The molecule has 3 fully saturated rings. The average Bonchev–Trinajstić information content (AvgIpc) is 2.98. The van der Waals surface area contributed by atoms with Crippen molar-refractivity contribution < 1.29 is 17.9 Å². The molecule has 148 valence electrons. The number of halogens is 1. The van der Waals surface area contributed by atoms with Gasteiger partial charge in [-0.15, -0.1) is 0 Å². The molecule has 1 aromatic heterocycles. The number of ether oxygens (including phenoxy) is 1. The van der Waals surface area contributed by atoms with Gasteiger partial charge in [-0.05, 0) is 20.5 Å². The van der Waals surface area contributed by atoms with E-state index in [1.54, 1.807) is 4.90 Å². The van der Waals surface area contributed by atoms with Gasteiger partial charge in [-0.3, -0.25) is 4.79 Å². The van der Waals surface area contributed by atoms with E-state index in [0.717, 1.165) is 0 Å². The Morgan fingerprint density at radius 3 is 2.74 bits per heavy atom. The van der Waals surface area contributed by atoms with Gasteiger partial charge in [0.25, 0.3) is 5.91 Å². The van der Waals surface area contributed by atoms with Crippen LogP contribution in [0.2, 0.25) is 5.02 Å². The minimum Gasteiger partial charge on any atom is -0.365 e. The van der Waals surface area contributed by atoms with Gasteiger partial charge in [0.05, 0.1) is 17.7 Å². The molecule has 0 N–H and O–H groups in total. The summed E-state index contributed by atoms with van der Waals surface area (Å²) >= 11 is 5.78. The largest absolute Gasteiger partial charge is 0.365 e. The number of nitrogens with zero attached hydrogens (tertiary/aromatic N) is 5. The number of carbonyl (C=O) groups is 1. The molecule has 0 aliphatic carbocycles. The van der Waals surface area contributed by atoms with Crippen LogP contribution in [-0.4, -0.2) is 102 Å². The summed E-state index contributed by atoms with van der Waals surface area (Å²) in [7, 11) is 0.360. The van der Waals surface area contributed by atoms with Crippen molar-refractivity contribution in [2.24, 2.45) is 0 Å². The van der Waals surface area contributed by atoms with Crippen LogP contribution in [0.3, 0.4) is 0 Å². The second kappa shape index (κ2) is 6.63. The molecular weight excluding hydrogens is 394 g/mol. The summed E-state index contributed by atoms with van der Waals surface area (Å²) < 4.78 is 33.6. The molecule has 1 unspecified atom stereocenters. The molecule has 11 heteroatoms. The smallest absolute Gasteiger partial charge is 0.291 e. The number of hydrogen-bond acceptors (Lipinski definition) is 7. The summed E-state index contributed by atoms with van der Waals surface area (Å²) in [5.41, 5.74) is -0.879. The first-order valence-corrected chi connectivity index (χ1v) is 10.7. The van der Waals surface area contributed by atoms with E-state index >= 15 is 0 Å². The van der Waals surface area contributed by atoms with Crippen LogP contribution in [0, 0.1) is 0 Å². The fraction of sp³-hybridized carbons (Fsp3) is 0.688. The van der Waals surface area contributed by atoms with E-state index in [9.17, 15) is 13.2 Å². The number of carbonyl (C=O) groups excluding carboxylic acids is 1. The summed E-state index contributed by atoms with van der Waals surface area (Å²) in [6.45, 7) is 1.88. The van der Waals surface area contributed by atoms with Crippen LogP contribution >= 0.6 is 11.6 Å². The van der Waals surface area contributed by atoms with Gasteiger partial charge in [-0.1, -0.05) is 11.6 Å². The predicted molar refractivity (Wildman–Crippen MR) is 98.0 cm³/mol. The third-order valence-electron chi connectivity index (χ3n) is 5.41. The fourth-order valence-electron chi connectivity index (χ4n) is 4.18. The minimum atomic E-state index is -3.45. The van der Waals surface area contributed by atoms with Gasteiger partial charge in [0.15, 0.2) is 0 Å². The predicted octanol–water partition coefficient (Wildman–Crippen LogP) is -0.311. The fourth-order valence-corrected chi connectivity index (χ4v) is 6.58. The van der Waals surface area contributed by atoms with Crippen LogP contribution in [0.25, 0.3) is 0 Å². The zero-order chi connectivity index (χ0) is 19.4. The maximum absolute atomic E-state index is 13.0. The van der Waals surface area contributed by atoms with Crippen LogP contribution in [-0.2, 0) is 14.8 Å². The molecule has 3 atom stereocenters. The number of fused-ring (bicyclic) bond motifs is 1. The van der Waals surface area contributed by atoms with Gasteiger partial charge < -0.3 is 14.5 Å². The van der Waals surface area contributed by atoms with Gasteiger partial charge in [0, 0.05) is 38.6 Å². The van der Waals surface area contributed by atoms with E-state index in [1.165, 1.54) is 16.7 Å². The lowest BCUT2D eigenvalue weighted by Gasteiger charge is -2.39. The number of amides is 1. The van der Waals surface area contributed by atoms with Crippen molar-refractivity contribution in [3.63, 3.8) is 0 Å². The number of rotatable bonds is 4. The van der Waals surface area contributed by atoms with Crippen LogP contribution in [0.1, 0.15) is 17.0 Å². The number of likely N-dealkylation sites (tertiary alicyclic amines) is 1. The topological polar surface area (TPSA) is 95.9 Å². The molecule has 4 rings (SSSR count). The SMILES string of the molecule is CN(C)CCN1CC23CN(C(=O)c4ncc(Cl)cn4)C[C@@H](C[C@@H]2S1(=O)=O)O3. The first kappa shape index (κ1) is 19.0. The average molecular weight is 416 g/mol. The molecule has 0 radical (unpaired) electrons. The lowest BCUT2D eigenvalue weighted by molar-refractivity contribution is -0.0979. The van der Waals surface area contributed by atoms with E-state index in [2.05, 4.69) is 9.97 Å². The van der Waals surface area contributed by atoms with E-state index in [4.69, 9.17) is 16.3 Å². The van der Waals surface area contributed by atoms with Crippen molar-refractivity contribution in [1.82, 2.24) is 24.1 Å². The highest BCUT2D eigenvalue weighted by Crippen LogP contribution is 2.46. The molecule has 1 aromatic rings. The summed E-state index contributed by atoms with van der Waals surface area (Å²) in [6.07, 6.45) is 2.87. The Morgan fingerprint density at radius 2 is 2.07 bits per heavy atom. The molecule has 0 saturated carbocycles. The zero-order valence-corrected chi connectivity index (χ0v) is 16.8. The van der Waals surface area contributed by atoms with Crippen molar-refractivity contribution in [1.29, 1.82) is 0 Å². The first-order valence-electron chi connectivity index (χ1n) is 8.80. The molecule has 27 heavy (non-hydrogen) atoms. The molecule has 1 amide bonds. The lowest BCUT2D eigenvalue weighted by atomic mass is 9.99. The Bertz CT molecular complexity index is 849. The third kappa shape index (κ3) is 3.23. The highest BCUT2D eigenvalue weighted by atomic mass is 35.5. The van der Waals surface area contributed by atoms with Crippen molar-refractivity contribution >= 4 is 27.5 Å². The number of aromatic nitrogens is 2. The zero-order valence-electron chi connectivity index (χ0n) is 15.2. The molecule has 3 aliphatic rings. The summed E-state index contributed by atoms with van der Waals surface area (Å²) in [4.78, 5) is 24.3. The molecule has 0 aromatic carbocycles. The minimum absolute atomic E-state index is 0.0546. The van der Waals surface area contributed by atoms with E-state index in [1.807, 2.05) is 19.0 Å². The number of hydrogen-bond donors (Lipinski definition) is 0. The molecule has 2 bridgehead atoms. The van der Waals surface area contributed by atoms with E-state index in [0.29, 0.717) is 31.1 Å². The summed E-state index contributed by atoms with van der Waals surface area (Å²) in [5, 5.41) is -0.258. The van der Waals surface area contributed by atoms with Crippen molar-refractivity contribution in [2.75, 3.05) is 46.8 Å². The first-order chi connectivity index (χ1) is 12.7. The Kier molecular flexibility index (Phi) is 4.66. The normalized spacial score (nSPS) is 32.1. The van der Waals surface area contributed by atoms with Crippen LogP contribution < -0.4 is 0 Å². The van der Waals surface area contributed by atoms with Crippen LogP contribution in [0.4, 0.5) is 0 Å². The van der Waals surface area contributed by atoms with Crippen LogP contribution in [0.15, 0.2) is 12.4 Å². The second-order valence-corrected chi connectivity index (χ2v) is 10.2. The van der Waals surface area contributed by atoms with Crippen molar-refractivity contribution in [3.05, 3.63) is 23.2 Å². The molecule has 9 nitrogen and oxygen atoms in total. The molecule has 3 aliphatic heterocycles. The second-order valence-electron chi connectivity index (χ2n) is 7.62. The van der Waals surface area contributed by atoms with Gasteiger partial charge >= 0.3 is 0 Å². The van der Waals surface area contributed by atoms with Crippen molar-refractivity contribution in [2.45, 2.75) is 23.4 Å². The van der Waals surface area contributed by atoms with Crippen molar-refractivity contribution in [3.8, 4) is 0 Å². The van der Waals surface area contributed by atoms with E-state index in [-0.39, 0.29) is 30.9 Å². The van der Waals surface area contributed by atoms with Gasteiger partial charge in [0.2, 0.25) is 15.8 Å². The summed E-state index contributed by atoms with van der Waals surface area (Å²) in [6, 6.07) is 0. The van der Waals surface area contributed by atoms with E-state index < -0.39 is 20.9 Å². The highest BCUT2D eigenvalue weighted by Gasteiger charge is 2.65. The molecule has 3 saturated heterocycles. The molecular formula is C16H22ClN5O4S. The maximum atomic E-state index is 13.0. The number of morpholine rings is 1. The van der Waals surface area contributed by atoms with Gasteiger partial charge in [-0.25, -0.2) is 18.4 Å². The summed E-state index contributed by atoms with van der Waals surface area (Å²) in [5.74, 6) is -0.275.